The van der Waals surface area contributed by atoms with E-state index in [-0.39, 0.29) is 6.54 Å². The Labute approximate surface area is 166 Å². The number of benzene rings is 1. The minimum absolute atomic E-state index is 0.111. The van der Waals surface area contributed by atoms with Gasteiger partial charge in [0.1, 0.15) is 0 Å². The SMILES string of the molecule is COC(=O)c1ccc(CN(c2ccccc2)S(=O)(=O)C2CCN(C)CC2)nc1. The number of hydrogen-bond donors (Lipinski definition) is 0. The number of rotatable bonds is 6. The van der Waals surface area contributed by atoms with Crippen molar-refractivity contribution in [3.63, 3.8) is 0 Å². The van der Waals surface area contributed by atoms with Crippen molar-refractivity contribution in [2.24, 2.45) is 0 Å². The van der Waals surface area contributed by atoms with Crippen LogP contribution in [-0.4, -0.2) is 56.8 Å². The molecule has 1 aromatic carbocycles. The van der Waals surface area contributed by atoms with Gasteiger partial charge in [-0.05, 0) is 57.2 Å². The molecule has 0 atom stereocenters. The van der Waals surface area contributed by atoms with Crippen LogP contribution in [0.4, 0.5) is 5.69 Å². The molecule has 1 aliphatic rings. The summed E-state index contributed by atoms with van der Waals surface area (Å²) in [5, 5.41) is -0.418. The van der Waals surface area contributed by atoms with Gasteiger partial charge in [-0.15, -0.1) is 0 Å². The summed E-state index contributed by atoms with van der Waals surface area (Å²) < 4.78 is 33.0. The van der Waals surface area contributed by atoms with Crippen LogP contribution in [0.15, 0.2) is 48.7 Å². The zero-order valence-corrected chi connectivity index (χ0v) is 16.9. The Balaban J connectivity index is 1.89. The van der Waals surface area contributed by atoms with Gasteiger partial charge in [0.05, 0.1) is 35.8 Å². The van der Waals surface area contributed by atoms with E-state index in [1.165, 1.54) is 17.6 Å². The lowest BCUT2D eigenvalue weighted by Crippen LogP contribution is -2.44. The number of aromatic nitrogens is 1. The molecule has 7 nitrogen and oxygen atoms in total. The standard InChI is InChI=1S/C20H25N3O4S/c1-22-12-10-19(11-13-22)28(25,26)23(18-6-4-3-5-7-18)15-17-9-8-16(14-21-17)20(24)27-2/h3-9,14,19H,10-13,15H2,1-2H3. The van der Waals surface area contributed by atoms with Crippen LogP contribution in [0.1, 0.15) is 28.9 Å². The van der Waals surface area contributed by atoms with Crippen molar-refractivity contribution in [2.45, 2.75) is 24.6 Å². The minimum Gasteiger partial charge on any atom is -0.465 e. The lowest BCUT2D eigenvalue weighted by Gasteiger charge is -2.33. The number of carbonyl (C=O) groups excluding carboxylic acids is 1. The Hall–Kier alpha value is -2.45. The van der Waals surface area contributed by atoms with E-state index < -0.39 is 21.2 Å². The molecule has 0 spiro atoms. The number of nitrogens with zero attached hydrogens (tertiary/aromatic N) is 3. The van der Waals surface area contributed by atoms with E-state index >= 15 is 0 Å². The molecule has 150 valence electrons. The fourth-order valence-electron chi connectivity index (χ4n) is 3.29. The number of esters is 1. The molecule has 0 saturated carbocycles. The Bertz CT molecular complexity index is 893. The quantitative estimate of drug-likeness (QED) is 0.689. The fraction of sp³-hybridized carbons (Fsp3) is 0.400. The first-order valence-corrected chi connectivity index (χ1v) is 10.7. The van der Waals surface area contributed by atoms with Crippen molar-refractivity contribution in [1.82, 2.24) is 9.88 Å². The fourth-order valence-corrected chi connectivity index (χ4v) is 5.18. The van der Waals surface area contributed by atoms with Crippen LogP contribution in [0, 0.1) is 0 Å². The third kappa shape index (κ3) is 4.51. The second-order valence-electron chi connectivity index (χ2n) is 6.92. The second-order valence-corrected chi connectivity index (χ2v) is 9.06. The summed E-state index contributed by atoms with van der Waals surface area (Å²) in [5.41, 5.74) is 1.50. The topological polar surface area (TPSA) is 79.8 Å². The molecular weight excluding hydrogens is 378 g/mol. The number of para-hydroxylation sites is 1. The number of piperidine rings is 1. The van der Waals surface area contributed by atoms with Crippen LogP contribution in [-0.2, 0) is 21.3 Å². The lowest BCUT2D eigenvalue weighted by molar-refractivity contribution is 0.0600. The summed E-state index contributed by atoms with van der Waals surface area (Å²) in [6.45, 7) is 1.64. The Morgan fingerprint density at radius 1 is 1.18 bits per heavy atom. The normalized spacial score (nSPS) is 15.9. The summed E-state index contributed by atoms with van der Waals surface area (Å²) in [7, 11) is -0.243. The molecule has 1 fully saturated rings. The van der Waals surface area contributed by atoms with Gasteiger partial charge in [0.2, 0.25) is 10.0 Å². The van der Waals surface area contributed by atoms with E-state index in [1.54, 1.807) is 24.3 Å². The van der Waals surface area contributed by atoms with Gasteiger partial charge >= 0.3 is 5.97 Å². The van der Waals surface area contributed by atoms with E-state index in [9.17, 15) is 13.2 Å². The molecule has 0 aliphatic carbocycles. The zero-order valence-electron chi connectivity index (χ0n) is 16.1. The number of methoxy groups -OCH3 is 1. The maximum atomic E-state index is 13.4. The third-order valence-electron chi connectivity index (χ3n) is 4.99. The van der Waals surface area contributed by atoms with Crippen molar-refractivity contribution >= 4 is 21.7 Å². The van der Waals surface area contributed by atoms with Gasteiger partial charge in [-0.3, -0.25) is 9.29 Å². The van der Waals surface area contributed by atoms with Crippen molar-refractivity contribution in [3.05, 3.63) is 59.9 Å². The second kappa shape index (κ2) is 8.70. The van der Waals surface area contributed by atoms with E-state index in [0.717, 1.165) is 13.1 Å². The summed E-state index contributed by atoms with van der Waals surface area (Å²) in [5.74, 6) is -0.474. The van der Waals surface area contributed by atoms with E-state index in [0.29, 0.717) is 29.8 Å². The number of likely N-dealkylation sites (tertiary alicyclic amines) is 1. The molecule has 1 aliphatic heterocycles. The molecule has 0 unspecified atom stereocenters. The zero-order chi connectivity index (χ0) is 20.1. The highest BCUT2D eigenvalue weighted by molar-refractivity contribution is 7.93. The van der Waals surface area contributed by atoms with E-state index in [2.05, 4.69) is 14.6 Å². The molecule has 2 heterocycles. The number of sulfonamides is 1. The molecular formula is C20H25N3O4S. The maximum Gasteiger partial charge on any atom is 0.339 e. The average Bonchev–Trinajstić information content (AvgIpc) is 2.72. The van der Waals surface area contributed by atoms with Crippen LogP contribution >= 0.6 is 0 Å². The molecule has 0 N–H and O–H groups in total. The van der Waals surface area contributed by atoms with Gasteiger partial charge in [-0.1, -0.05) is 18.2 Å². The molecule has 0 amide bonds. The Morgan fingerprint density at radius 3 is 2.43 bits per heavy atom. The number of anilines is 1. The third-order valence-corrected chi connectivity index (χ3v) is 7.26. The summed E-state index contributed by atoms with van der Waals surface area (Å²) >= 11 is 0. The summed E-state index contributed by atoms with van der Waals surface area (Å²) in [6, 6.07) is 12.3. The summed E-state index contributed by atoms with van der Waals surface area (Å²) in [4.78, 5) is 18.0. The van der Waals surface area contributed by atoms with Gasteiger partial charge in [0, 0.05) is 6.20 Å². The Morgan fingerprint density at radius 2 is 1.86 bits per heavy atom. The monoisotopic (exact) mass is 403 g/mol. The maximum absolute atomic E-state index is 13.4. The van der Waals surface area contributed by atoms with Crippen molar-refractivity contribution in [1.29, 1.82) is 0 Å². The van der Waals surface area contributed by atoms with Gasteiger partial charge in [-0.25, -0.2) is 13.2 Å². The average molecular weight is 404 g/mol. The van der Waals surface area contributed by atoms with Crippen molar-refractivity contribution in [3.8, 4) is 0 Å². The van der Waals surface area contributed by atoms with Crippen molar-refractivity contribution < 1.29 is 17.9 Å². The van der Waals surface area contributed by atoms with Crippen LogP contribution in [0.3, 0.4) is 0 Å². The molecule has 0 bridgehead atoms. The number of ether oxygens (including phenoxy) is 1. The highest BCUT2D eigenvalue weighted by atomic mass is 32.2. The molecule has 0 radical (unpaired) electrons. The largest absolute Gasteiger partial charge is 0.465 e. The first-order valence-electron chi connectivity index (χ1n) is 9.20. The summed E-state index contributed by atoms with van der Waals surface area (Å²) in [6.07, 6.45) is 2.63. The van der Waals surface area contributed by atoms with Crippen LogP contribution in [0.2, 0.25) is 0 Å². The Kier molecular flexibility index (Phi) is 6.31. The van der Waals surface area contributed by atoms with Gasteiger partial charge < -0.3 is 9.64 Å². The predicted octanol–water partition coefficient (Wildman–Crippen LogP) is 2.30. The molecule has 1 aromatic heterocycles. The molecule has 1 saturated heterocycles. The van der Waals surface area contributed by atoms with Crippen molar-refractivity contribution in [2.75, 3.05) is 31.6 Å². The van der Waals surface area contributed by atoms with Gasteiger partial charge in [0.15, 0.2) is 0 Å². The molecule has 3 rings (SSSR count). The molecule has 2 aromatic rings. The minimum atomic E-state index is -3.55. The highest BCUT2D eigenvalue weighted by Gasteiger charge is 2.34. The number of hydrogen-bond acceptors (Lipinski definition) is 6. The first kappa shape index (κ1) is 20.3. The van der Waals surface area contributed by atoms with Crippen LogP contribution in [0.5, 0.6) is 0 Å². The first-order chi connectivity index (χ1) is 13.4. The van der Waals surface area contributed by atoms with Crippen LogP contribution in [0.25, 0.3) is 0 Å². The smallest absolute Gasteiger partial charge is 0.339 e. The predicted molar refractivity (Wildman–Crippen MR) is 108 cm³/mol. The van der Waals surface area contributed by atoms with Gasteiger partial charge in [-0.2, -0.15) is 0 Å². The highest BCUT2D eigenvalue weighted by Crippen LogP contribution is 2.27. The van der Waals surface area contributed by atoms with Crippen LogP contribution < -0.4 is 4.31 Å². The number of pyridine rings is 1. The van der Waals surface area contributed by atoms with Gasteiger partial charge in [0.25, 0.3) is 0 Å². The number of carbonyl (C=O) groups is 1. The van der Waals surface area contributed by atoms with E-state index in [1.807, 2.05) is 25.2 Å². The lowest BCUT2D eigenvalue weighted by atomic mass is 10.1. The molecule has 8 heteroatoms. The molecule has 28 heavy (non-hydrogen) atoms. The van der Waals surface area contributed by atoms with E-state index in [4.69, 9.17) is 0 Å².